The Morgan fingerprint density at radius 1 is 0.977 bits per heavy atom. The number of carbonyl (C=O) groups excluding carboxylic acids is 3. The number of aromatic nitrogens is 1. The number of fused-ring (bicyclic) bond motifs is 1. The highest BCUT2D eigenvalue weighted by Crippen LogP contribution is 2.29. The zero-order valence-electron chi connectivity index (χ0n) is 23.8. The Labute approximate surface area is 251 Å². The van der Waals surface area contributed by atoms with Crippen molar-refractivity contribution in [2.24, 2.45) is 17.2 Å². The van der Waals surface area contributed by atoms with Crippen molar-refractivity contribution < 1.29 is 27.6 Å². The molecule has 4 atom stereocenters. The molecule has 2 heterocycles. The van der Waals surface area contributed by atoms with E-state index in [0.717, 1.165) is 17.5 Å². The SMILES string of the molecule is NCC1CN(C(=O)C[C@H](N)C(=O)N[C@@H](Cc2ccc(C(F)(F)F)cc2)C(=O)Nc2cnc3ccccc3c2)CC(CN)NN1. The van der Waals surface area contributed by atoms with Crippen LogP contribution in [0.3, 0.4) is 0 Å². The summed E-state index contributed by atoms with van der Waals surface area (Å²) in [7, 11) is 0. The van der Waals surface area contributed by atoms with Gasteiger partial charge in [0.2, 0.25) is 17.7 Å². The first-order valence-corrected chi connectivity index (χ1v) is 14.0. The fraction of sp³-hybridized carbons (Fsp3) is 0.379. The molecule has 1 saturated heterocycles. The lowest BCUT2D eigenvalue weighted by molar-refractivity contribution is -0.137. The van der Waals surface area contributed by atoms with Gasteiger partial charge in [0.1, 0.15) is 6.04 Å². The Hall–Kier alpha value is -4.15. The molecule has 0 spiro atoms. The van der Waals surface area contributed by atoms with E-state index in [4.69, 9.17) is 17.2 Å². The van der Waals surface area contributed by atoms with Gasteiger partial charge in [-0.05, 0) is 29.8 Å². The van der Waals surface area contributed by atoms with Gasteiger partial charge >= 0.3 is 6.18 Å². The van der Waals surface area contributed by atoms with Crippen LogP contribution in [0.25, 0.3) is 10.9 Å². The van der Waals surface area contributed by atoms with Crippen LogP contribution < -0.4 is 38.7 Å². The smallest absolute Gasteiger partial charge is 0.343 e. The van der Waals surface area contributed by atoms with Gasteiger partial charge in [-0.25, -0.2) is 0 Å². The molecule has 0 aliphatic carbocycles. The number of alkyl halides is 3. The molecule has 0 bridgehead atoms. The summed E-state index contributed by atoms with van der Waals surface area (Å²) in [5.41, 5.74) is 24.3. The van der Waals surface area contributed by atoms with E-state index in [9.17, 15) is 27.6 Å². The monoisotopic (exact) mass is 615 g/mol. The van der Waals surface area contributed by atoms with Crippen molar-refractivity contribution >= 4 is 34.3 Å². The number of amides is 3. The summed E-state index contributed by atoms with van der Waals surface area (Å²) in [5.74, 6) is -1.82. The number of hydrogen-bond acceptors (Lipinski definition) is 9. The van der Waals surface area contributed by atoms with Crippen molar-refractivity contribution in [3.05, 3.63) is 71.9 Å². The molecule has 4 rings (SSSR count). The number of benzene rings is 2. The topological polar surface area (TPSA) is 194 Å². The molecule has 1 aromatic heterocycles. The maximum absolute atomic E-state index is 13.4. The summed E-state index contributed by atoms with van der Waals surface area (Å²) in [5, 5.41) is 6.05. The minimum Gasteiger partial charge on any atom is -0.343 e. The van der Waals surface area contributed by atoms with Gasteiger partial charge < -0.3 is 32.7 Å². The highest BCUT2D eigenvalue weighted by atomic mass is 19.4. The molecular formula is C29H36F3N9O3. The van der Waals surface area contributed by atoms with E-state index in [-0.39, 0.29) is 51.1 Å². The molecule has 1 aliphatic heterocycles. The molecule has 0 radical (unpaired) electrons. The minimum absolute atomic E-state index is 0.142. The Morgan fingerprint density at radius 2 is 1.61 bits per heavy atom. The number of nitrogens with zero attached hydrogens (tertiary/aromatic N) is 2. The van der Waals surface area contributed by atoms with E-state index in [2.05, 4.69) is 26.5 Å². The summed E-state index contributed by atoms with van der Waals surface area (Å²) in [6.45, 7) is 1.03. The van der Waals surface area contributed by atoms with Crippen LogP contribution in [0.4, 0.5) is 18.9 Å². The third-order valence-corrected chi connectivity index (χ3v) is 7.24. The minimum atomic E-state index is -4.53. The van der Waals surface area contributed by atoms with Crippen LogP contribution in [-0.2, 0) is 27.0 Å². The standard InChI is InChI=1S/C29H36F3N9O3/c30-29(31,32)19-7-5-17(6-8-19)9-25(28(44)37-20-10-18-3-1-2-4-24(18)36-14-20)38-27(43)23(35)11-26(42)41-15-21(12-33)39-40-22(13-34)16-41/h1-8,10,14,21-23,25,39-40H,9,11-13,15-16,33-35H2,(H,37,44)(H,38,43)/t21?,22?,23-,25-/m0/s1. The molecule has 0 saturated carbocycles. The van der Waals surface area contributed by atoms with E-state index in [1.807, 2.05) is 24.3 Å². The summed E-state index contributed by atoms with van der Waals surface area (Å²) in [4.78, 5) is 45.5. The molecule has 44 heavy (non-hydrogen) atoms. The average Bonchev–Trinajstić information content (AvgIpc) is 3.23. The summed E-state index contributed by atoms with van der Waals surface area (Å²) in [6, 6.07) is 10.2. The van der Waals surface area contributed by atoms with Crippen LogP contribution in [0.5, 0.6) is 0 Å². The Morgan fingerprint density at radius 3 is 2.23 bits per heavy atom. The van der Waals surface area contributed by atoms with Gasteiger partial charge in [-0.1, -0.05) is 30.3 Å². The normalized spacial score (nSPS) is 18.7. The molecule has 2 unspecified atom stereocenters. The van der Waals surface area contributed by atoms with Crippen molar-refractivity contribution in [2.45, 2.75) is 43.2 Å². The third-order valence-electron chi connectivity index (χ3n) is 7.24. The van der Waals surface area contributed by atoms with E-state index >= 15 is 0 Å². The number of halogens is 3. The number of hydrogen-bond donors (Lipinski definition) is 7. The zero-order chi connectivity index (χ0) is 31.9. The van der Waals surface area contributed by atoms with Crippen LogP contribution in [0, 0.1) is 0 Å². The summed E-state index contributed by atoms with van der Waals surface area (Å²) < 4.78 is 39.2. The number of carbonyl (C=O) groups is 3. The highest BCUT2D eigenvalue weighted by molar-refractivity contribution is 5.99. The van der Waals surface area contributed by atoms with E-state index in [1.165, 1.54) is 23.2 Å². The van der Waals surface area contributed by atoms with Crippen LogP contribution >= 0.6 is 0 Å². The highest BCUT2D eigenvalue weighted by Gasteiger charge is 2.32. The zero-order valence-corrected chi connectivity index (χ0v) is 23.8. The second-order valence-electron chi connectivity index (χ2n) is 10.6. The number of nitrogens with one attached hydrogen (secondary N) is 4. The fourth-order valence-corrected chi connectivity index (χ4v) is 4.74. The number of anilines is 1. The largest absolute Gasteiger partial charge is 0.416 e. The average molecular weight is 616 g/mol. The van der Waals surface area contributed by atoms with Gasteiger partial charge in [0.05, 0.1) is 47.5 Å². The van der Waals surface area contributed by atoms with Gasteiger partial charge in [0.25, 0.3) is 0 Å². The molecule has 3 aromatic rings. The molecule has 2 aromatic carbocycles. The lowest BCUT2D eigenvalue weighted by atomic mass is 10.0. The number of pyridine rings is 1. The van der Waals surface area contributed by atoms with E-state index < -0.39 is 41.5 Å². The first-order chi connectivity index (χ1) is 21.0. The number of para-hydroxylation sites is 1. The third kappa shape index (κ3) is 8.70. The molecule has 236 valence electrons. The van der Waals surface area contributed by atoms with Crippen molar-refractivity contribution in [2.75, 3.05) is 31.5 Å². The Bertz CT molecular complexity index is 1440. The molecular weight excluding hydrogens is 579 g/mol. The molecule has 12 nitrogen and oxygen atoms in total. The lowest BCUT2D eigenvalue weighted by Gasteiger charge is -2.26. The second kappa shape index (κ2) is 14.5. The van der Waals surface area contributed by atoms with Crippen LogP contribution in [-0.4, -0.2) is 78.0 Å². The quantitative estimate of drug-likeness (QED) is 0.167. The summed E-state index contributed by atoms with van der Waals surface area (Å²) in [6.07, 6.45) is -3.57. The molecule has 15 heteroatoms. The Kier molecular flexibility index (Phi) is 10.8. The van der Waals surface area contributed by atoms with Gasteiger partial charge in [0.15, 0.2) is 0 Å². The fourth-order valence-electron chi connectivity index (χ4n) is 4.74. The predicted octanol–water partition coefficient (Wildman–Crippen LogP) is 0.228. The van der Waals surface area contributed by atoms with Crippen molar-refractivity contribution in [3.63, 3.8) is 0 Å². The summed E-state index contributed by atoms with van der Waals surface area (Å²) >= 11 is 0. The maximum atomic E-state index is 13.4. The number of rotatable bonds is 10. The van der Waals surface area contributed by atoms with Crippen molar-refractivity contribution in [3.8, 4) is 0 Å². The molecule has 10 N–H and O–H groups in total. The van der Waals surface area contributed by atoms with Crippen LogP contribution in [0.15, 0.2) is 60.8 Å². The lowest BCUT2D eigenvalue weighted by Crippen LogP contribution is -2.53. The van der Waals surface area contributed by atoms with Gasteiger partial charge in [0, 0.05) is 38.0 Å². The van der Waals surface area contributed by atoms with Crippen LogP contribution in [0.2, 0.25) is 0 Å². The molecule has 3 amide bonds. The second-order valence-corrected chi connectivity index (χ2v) is 10.6. The van der Waals surface area contributed by atoms with Crippen molar-refractivity contribution in [1.29, 1.82) is 0 Å². The molecule has 1 fully saturated rings. The first-order valence-electron chi connectivity index (χ1n) is 14.0. The number of hydrazine groups is 1. The predicted molar refractivity (Wildman–Crippen MR) is 159 cm³/mol. The van der Waals surface area contributed by atoms with E-state index in [0.29, 0.717) is 16.8 Å². The van der Waals surface area contributed by atoms with Crippen LogP contribution in [0.1, 0.15) is 17.5 Å². The van der Waals surface area contributed by atoms with E-state index in [1.54, 1.807) is 6.07 Å². The maximum Gasteiger partial charge on any atom is 0.416 e. The first kappa shape index (κ1) is 32.8. The van der Waals surface area contributed by atoms with Gasteiger partial charge in [-0.15, -0.1) is 0 Å². The van der Waals surface area contributed by atoms with Gasteiger partial charge in [-0.2, -0.15) is 13.2 Å². The number of nitrogens with two attached hydrogens (primary N) is 3. The molecule has 1 aliphatic rings. The van der Waals surface area contributed by atoms with Gasteiger partial charge in [-0.3, -0.25) is 30.2 Å². The Balaban J connectivity index is 1.48. The van der Waals surface area contributed by atoms with Crippen molar-refractivity contribution in [1.82, 2.24) is 26.1 Å².